The van der Waals surface area contributed by atoms with Crippen LogP contribution >= 0.6 is 12.2 Å². The Labute approximate surface area is 153 Å². The number of nitrogens with one attached hydrogen (secondary N) is 2. The second-order valence-corrected chi connectivity index (χ2v) is 6.16. The number of hydrogen-bond acceptors (Lipinski definition) is 4. The third-order valence-corrected chi connectivity index (χ3v) is 4.29. The smallest absolute Gasteiger partial charge is 0.269 e. The molecule has 25 heavy (non-hydrogen) atoms. The van der Waals surface area contributed by atoms with Crippen LogP contribution in [0.2, 0.25) is 0 Å². The minimum absolute atomic E-state index is 0.0936. The molecule has 0 radical (unpaired) electrons. The first-order chi connectivity index (χ1) is 12.0. The Bertz CT molecular complexity index is 638. The maximum atomic E-state index is 12.4. The van der Waals surface area contributed by atoms with Crippen molar-refractivity contribution in [2.45, 2.75) is 19.3 Å². The second kappa shape index (κ2) is 9.33. The summed E-state index contributed by atoms with van der Waals surface area (Å²) in [6, 6.07) is 7.05. The van der Waals surface area contributed by atoms with Gasteiger partial charge in [-0.25, -0.2) is 0 Å². The van der Waals surface area contributed by atoms with Crippen molar-refractivity contribution in [1.82, 2.24) is 15.8 Å². The maximum absolute atomic E-state index is 12.4. The number of thiocarbonyl (C=S) groups is 1. The van der Waals surface area contributed by atoms with E-state index in [1.165, 1.54) is 5.01 Å². The molecule has 1 saturated heterocycles. The van der Waals surface area contributed by atoms with Gasteiger partial charge in [0.1, 0.15) is 0 Å². The number of hydrogen-bond donors (Lipinski definition) is 2. The normalized spacial score (nSPS) is 13.7. The first-order valence-corrected chi connectivity index (χ1v) is 8.65. The van der Waals surface area contributed by atoms with Gasteiger partial charge in [0.25, 0.3) is 5.91 Å². The summed E-state index contributed by atoms with van der Waals surface area (Å²) in [5, 5.41) is 4.94. The summed E-state index contributed by atoms with van der Waals surface area (Å²) in [4.78, 5) is 26.0. The van der Waals surface area contributed by atoms with Crippen LogP contribution in [0.25, 0.3) is 0 Å². The number of anilines is 1. The van der Waals surface area contributed by atoms with E-state index in [-0.39, 0.29) is 11.8 Å². The molecule has 0 atom stereocenters. The summed E-state index contributed by atoms with van der Waals surface area (Å²) >= 11 is 5.23. The molecule has 0 saturated carbocycles. The van der Waals surface area contributed by atoms with E-state index >= 15 is 0 Å². The van der Waals surface area contributed by atoms with Crippen molar-refractivity contribution in [3.63, 3.8) is 0 Å². The number of carbonyl (C=O) groups excluding carboxylic acids is 2. The lowest BCUT2D eigenvalue weighted by atomic mass is 10.2. The molecule has 7 nitrogen and oxygen atoms in total. The molecule has 0 aromatic heterocycles. The van der Waals surface area contributed by atoms with Crippen molar-refractivity contribution in [2.24, 2.45) is 0 Å². The number of benzene rings is 1. The highest BCUT2D eigenvalue weighted by Gasteiger charge is 2.22. The average Bonchev–Trinajstić information content (AvgIpc) is 3.04. The summed E-state index contributed by atoms with van der Waals surface area (Å²) in [6.07, 6.45) is 2.23. The van der Waals surface area contributed by atoms with Gasteiger partial charge in [-0.15, -0.1) is 0 Å². The summed E-state index contributed by atoms with van der Waals surface area (Å²) in [5.74, 6) is -0.187. The van der Waals surface area contributed by atoms with Gasteiger partial charge in [0.2, 0.25) is 5.91 Å². The summed E-state index contributed by atoms with van der Waals surface area (Å²) in [5.41, 5.74) is 3.95. The standard InChI is InChI=1S/C17H24N4O3S/c1-20(17(25)18-9-5-11-24-2)19-16(23)13-6-3-7-14(12-13)21-10-4-8-15(21)22/h3,6-7,12H,4-5,8-11H2,1-2H3,(H,18,25)(H,19,23). The first kappa shape index (κ1) is 19.1. The first-order valence-electron chi connectivity index (χ1n) is 8.25. The molecule has 1 heterocycles. The number of rotatable bonds is 6. The second-order valence-electron chi connectivity index (χ2n) is 5.78. The van der Waals surface area contributed by atoms with Gasteiger partial charge in [-0.1, -0.05) is 6.07 Å². The molecular formula is C17H24N4O3S. The zero-order chi connectivity index (χ0) is 18.2. The van der Waals surface area contributed by atoms with E-state index in [1.54, 1.807) is 37.3 Å². The molecule has 2 rings (SSSR count). The van der Waals surface area contributed by atoms with Crippen LogP contribution in [0.5, 0.6) is 0 Å². The van der Waals surface area contributed by atoms with Crippen molar-refractivity contribution in [3.05, 3.63) is 29.8 Å². The highest BCUT2D eigenvalue weighted by Crippen LogP contribution is 2.22. The minimum atomic E-state index is -0.281. The van der Waals surface area contributed by atoms with Gasteiger partial charge >= 0.3 is 0 Å². The Hall–Kier alpha value is -2.19. The quantitative estimate of drug-likeness (QED) is 0.450. The van der Waals surface area contributed by atoms with Crippen molar-refractivity contribution < 1.29 is 14.3 Å². The average molecular weight is 364 g/mol. The van der Waals surface area contributed by atoms with E-state index in [1.807, 2.05) is 6.07 Å². The molecule has 0 unspecified atom stereocenters. The van der Waals surface area contributed by atoms with Gasteiger partial charge < -0.3 is 15.0 Å². The van der Waals surface area contributed by atoms with Crippen molar-refractivity contribution in [2.75, 3.05) is 38.8 Å². The molecule has 1 fully saturated rings. The Morgan fingerprint density at radius 3 is 2.92 bits per heavy atom. The monoisotopic (exact) mass is 364 g/mol. The molecule has 8 heteroatoms. The largest absolute Gasteiger partial charge is 0.385 e. The number of ether oxygens (including phenoxy) is 1. The van der Waals surface area contributed by atoms with Crippen molar-refractivity contribution >= 4 is 34.8 Å². The molecule has 1 aliphatic rings. The third kappa shape index (κ3) is 5.40. The van der Waals surface area contributed by atoms with Crippen LogP contribution in [0, 0.1) is 0 Å². The molecule has 0 bridgehead atoms. The SMILES string of the molecule is COCCCNC(=S)N(C)NC(=O)c1cccc(N2CCCC2=O)c1. The topological polar surface area (TPSA) is 73.9 Å². The summed E-state index contributed by atoms with van der Waals surface area (Å²) in [7, 11) is 3.33. The highest BCUT2D eigenvalue weighted by atomic mass is 32.1. The fourth-order valence-electron chi connectivity index (χ4n) is 2.53. The molecule has 2 amide bonds. The molecule has 136 valence electrons. The molecule has 1 aromatic rings. The molecule has 0 spiro atoms. The number of nitrogens with zero attached hydrogens (tertiary/aromatic N) is 2. The fraction of sp³-hybridized carbons (Fsp3) is 0.471. The van der Waals surface area contributed by atoms with Gasteiger partial charge in [0, 0.05) is 51.5 Å². The maximum Gasteiger partial charge on any atom is 0.269 e. The zero-order valence-corrected chi connectivity index (χ0v) is 15.4. The lowest BCUT2D eigenvalue weighted by molar-refractivity contribution is -0.117. The zero-order valence-electron chi connectivity index (χ0n) is 14.6. The van der Waals surface area contributed by atoms with Crippen molar-refractivity contribution in [1.29, 1.82) is 0 Å². The number of methoxy groups -OCH3 is 1. The van der Waals surface area contributed by atoms with Gasteiger partial charge in [0.05, 0.1) is 0 Å². The lowest BCUT2D eigenvalue weighted by Crippen LogP contribution is -2.48. The van der Waals surface area contributed by atoms with Crippen LogP contribution in [-0.2, 0) is 9.53 Å². The van der Waals surface area contributed by atoms with E-state index in [0.29, 0.717) is 36.8 Å². The third-order valence-electron chi connectivity index (χ3n) is 3.87. The summed E-state index contributed by atoms with van der Waals surface area (Å²) < 4.78 is 4.97. The highest BCUT2D eigenvalue weighted by molar-refractivity contribution is 7.80. The van der Waals surface area contributed by atoms with Crippen LogP contribution in [0.4, 0.5) is 5.69 Å². The van der Waals surface area contributed by atoms with Gasteiger partial charge in [-0.2, -0.15) is 0 Å². The van der Waals surface area contributed by atoms with Crippen LogP contribution in [0.1, 0.15) is 29.6 Å². The number of hydrazine groups is 1. The van der Waals surface area contributed by atoms with E-state index in [2.05, 4.69) is 10.7 Å². The molecule has 0 aliphatic carbocycles. The van der Waals surface area contributed by atoms with Crippen LogP contribution in [0.3, 0.4) is 0 Å². The van der Waals surface area contributed by atoms with Crippen LogP contribution < -0.4 is 15.6 Å². The van der Waals surface area contributed by atoms with E-state index in [4.69, 9.17) is 17.0 Å². The minimum Gasteiger partial charge on any atom is -0.385 e. The Morgan fingerprint density at radius 1 is 1.44 bits per heavy atom. The van der Waals surface area contributed by atoms with Gasteiger partial charge in [-0.3, -0.25) is 20.0 Å². The Morgan fingerprint density at radius 2 is 2.24 bits per heavy atom. The van der Waals surface area contributed by atoms with Gasteiger partial charge in [-0.05, 0) is 43.3 Å². The number of carbonyl (C=O) groups is 2. The van der Waals surface area contributed by atoms with E-state index in [0.717, 1.165) is 18.5 Å². The fourth-order valence-corrected chi connectivity index (χ4v) is 2.68. The predicted octanol–water partition coefficient (Wildman–Crippen LogP) is 1.30. The lowest BCUT2D eigenvalue weighted by Gasteiger charge is -2.22. The molecule has 1 aromatic carbocycles. The van der Waals surface area contributed by atoms with Crippen molar-refractivity contribution in [3.8, 4) is 0 Å². The number of amides is 2. The Balaban J connectivity index is 1.91. The predicted molar refractivity (Wildman–Crippen MR) is 100 cm³/mol. The van der Waals surface area contributed by atoms with Gasteiger partial charge in [0.15, 0.2) is 5.11 Å². The van der Waals surface area contributed by atoms with E-state index in [9.17, 15) is 9.59 Å². The molecule has 1 aliphatic heterocycles. The Kier molecular flexibility index (Phi) is 7.15. The molecular weight excluding hydrogens is 340 g/mol. The van der Waals surface area contributed by atoms with Crippen LogP contribution in [0.15, 0.2) is 24.3 Å². The van der Waals surface area contributed by atoms with E-state index < -0.39 is 0 Å². The summed E-state index contributed by atoms with van der Waals surface area (Å²) in [6.45, 7) is 2.01. The molecule has 2 N–H and O–H groups in total. The van der Waals surface area contributed by atoms with Crippen LogP contribution in [-0.4, -0.2) is 55.8 Å².